The maximum Gasteiger partial charge on any atom is 0.319 e. The fourth-order valence-corrected chi connectivity index (χ4v) is 1.45. The second-order valence-corrected chi connectivity index (χ2v) is 6.09. The average Bonchev–Trinajstić information content (AvgIpc) is 2.39. The Labute approximate surface area is 116 Å². The van der Waals surface area contributed by atoms with Gasteiger partial charge in [-0.05, 0) is 38.3 Å². The highest BCUT2D eigenvalue weighted by Crippen LogP contribution is 2.19. The lowest BCUT2D eigenvalue weighted by Gasteiger charge is -2.22. The van der Waals surface area contributed by atoms with E-state index in [-0.39, 0.29) is 16.3 Å². The highest BCUT2D eigenvalue weighted by atomic mass is 32.2. The van der Waals surface area contributed by atoms with Crippen molar-refractivity contribution in [3.63, 3.8) is 0 Å². The summed E-state index contributed by atoms with van der Waals surface area (Å²) in [6.45, 7) is 4.54. The zero-order chi connectivity index (χ0) is 14.5. The van der Waals surface area contributed by atoms with E-state index in [1.54, 1.807) is 17.8 Å². The van der Waals surface area contributed by atoms with Crippen LogP contribution in [0.15, 0.2) is 18.2 Å². The van der Waals surface area contributed by atoms with Gasteiger partial charge in [0.05, 0.1) is 5.56 Å². The minimum Gasteiger partial charge on any atom is -0.336 e. The first kappa shape index (κ1) is 15.3. The number of anilines is 1. The number of nitrogens with one attached hydrogen (secondary N) is 2. The van der Waals surface area contributed by atoms with Gasteiger partial charge in [0.2, 0.25) is 0 Å². The summed E-state index contributed by atoms with van der Waals surface area (Å²) in [5.41, 5.74) is 0.291. The quantitative estimate of drug-likeness (QED) is 0.891. The van der Waals surface area contributed by atoms with E-state index in [0.29, 0.717) is 12.2 Å². The normalized spacial score (nSPS) is 10.7. The molecule has 0 fully saturated rings. The first-order valence-corrected chi connectivity index (χ1v) is 6.90. The van der Waals surface area contributed by atoms with Crippen LogP contribution >= 0.6 is 11.8 Å². The van der Waals surface area contributed by atoms with Crippen molar-refractivity contribution >= 4 is 23.5 Å². The number of carbonyl (C=O) groups excluding carboxylic acids is 1. The van der Waals surface area contributed by atoms with Crippen molar-refractivity contribution in [1.82, 2.24) is 5.32 Å². The largest absolute Gasteiger partial charge is 0.336 e. The van der Waals surface area contributed by atoms with Gasteiger partial charge in [-0.15, -0.1) is 0 Å². The highest BCUT2D eigenvalue weighted by molar-refractivity contribution is 7.99. The van der Waals surface area contributed by atoms with Crippen LogP contribution in [0.3, 0.4) is 0 Å². The topological polar surface area (TPSA) is 64.9 Å². The van der Waals surface area contributed by atoms with Gasteiger partial charge in [-0.25, -0.2) is 9.18 Å². The number of nitrogens with zero attached hydrogens (tertiary/aromatic N) is 1. The van der Waals surface area contributed by atoms with Crippen LogP contribution in [0.4, 0.5) is 14.9 Å². The zero-order valence-electron chi connectivity index (χ0n) is 11.1. The second-order valence-electron chi connectivity index (χ2n) is 4.58. The third-order valence-corrected chi connectivity index (χ3v) is 3.82. The maximum atomic E-state index is 13.1. The molecule has 2 amide bonds. The molecule has 6 heteroatoms. The molecule has 19 heavy (non-hydrogen) atoms. The lowest BCUT2D eigenvalue weighted by molar-refractivity contribution is 0.251. The Bertz CT molecular complexity index is 511. The fourth-order valence-electron chi connectivity index (χ4n) is 1.23. The van der Waals surface area contributed by atoms with E-state index >= 15 is 0 Å². The van der Waals surface area contributed by atoms with E-state index in [2.05, 4.69) is 10.6 Å². The average molecular weight is 281 g/mol. The van der Waals surface area contributed by atoms with E-state index in [1.165, 1.54) is 12.1 Å². The number of hydrogen-bond donors (Lipinski definition) is 2. The van der Waals surface area contributed by atoms with Crippen LogP contribution in [0.2, 0.25) is 0 Å². The monoisotopic (exact) mass is 281 g/mol. The molecule has 0 heterocycles. The van der Waals surface area contributed by atoms with E-state index in [9.17, 15) is 9.18 Å². The Morgan fingerprint density at radius 1 is 1.53 bits per heavy atom. The summed E-state index contributed by atoms with van der Waals surface area (Å²) in [5.74, 6) is -0.600. The van der Waals surface area contributed by atoms with Crippen molar-refractivity contribution in [1.29, 1.82) is 5.26 Å². The van der Waals surface area contributed by atoms with Crippen molar-refractivity contribution in [2.45, 2.75) is 18.6 Å². The van der Waals surface area contributed by atoms with Gasteiger partial charge in [0.1, 0.15) is 11.9 Å². The van der Waals surface area contributed by atoms with Crippen LogP contribution in [0, 0.1) is 17.1 Å². The van der Waals surface area contributed by atoms with E-state index in [1.807, 2.05) is 20.1 Å². The summed E-state index contributed by atoms with van der Waals surface area (Å²) in [6.07, 6.45) is 1.97. The molecule has 0 saturated carbocycles. The SMILES string of the molecule is CSC(C)(C)CNC(=O)Nc1ccc(F)c(C#N)c1. The van der Waals surface area contributed by atoms with Gasteiger partial charge in [-0.2, -0.15) is 17.0 Å². The number of amides is 2. The van der Waals surface area contributed by atoms with E-state index < -0.39 is 5.82 Å². The van der Waals surface area contributed by atoms with Gasteiger partial charge in [0.25, 0.3) is 0 Å². The number of carbonyl (C=O) groups is 1. The standard InChI is InChI=1S/C13H16FN3OS/c1-13(2,19-3)8-16-12(18)17-10-4-5-11(14)9(6-10)7-15/h4-6H,8H2,1-3H3,(H2,16,17,18). The van der Waals surface area contributed by atoms with Gasteiger partial charge in [0, 0.05) is 17.0 Å². The van der Waals surface area contributed by atoms with Crippen LogP contribution in [-0.4, -0.2) is 23.6 Å². The van der Waals surface area contributed by atoms with Crippen molar-refractivity contribution in [3.05, 3.63) is 29.6 Å². The molecule has 0 unspecified atom stereocenters. The van der Waals surface area contributed by atoms with Crippen LogP contribution in [0.25, 0.3) is 0 Å². The number of halogens is 1. The third kappa shape index (κ3) is 4.79. The Hall–Kier alpha value is -1.74. The number of hydrogen-bond acceptors (Lipinski definition) is 3. The van der Waals surface area contributed by atoms with Crippen molar-refractivity contribution in [3.8, 4) is 6.07 Å². The van der Waals surface area contributed by atoms with E-state index in [4.69, 9.17) is 5.26 Å². The summed E-state index contributed by atoms with van der Waals surface area (Å²) in [7, 11) is 0. The minimum absolute atomic E-state index is 0.0576. The number of nitriles is 1. The molecule has 4 nitrogen and oxygen atoms in total. The predicted octanol–water partition coefficient (Wildman–Crippen LogP) is 2.96. The van der Waals surface area contributed by atoms with Crippen molar-refractivity contribution in [2.24, 2.45) is 0 Å². The lowest BCUT2D eigenvalue weighted by Crippen LogP contribution is -2.38. The molecule has 0 bridgehead atoms. The number of thioether (sulfide) groups is 1. The molecule has 102 valence electrons. The summed E-state index contributed by atoms with van der Waals surface area (Å²) in [5, 5.41) is 14.0. The molecule has 0 saturated heterocycles. The number of rotatable bonds is 4. The number of benzene rings is 1. The van der Waals surface area contributed by atoms with Crippen molar-refractivity contribution < 1.29 is 9.18 Å². The molecular formula is C13H16FN3OS. The zero-order valence-corrected chi connectivity index (χ0v) is 11.9. The molecule has 0 spiro atoms. The Morgan fingerprint density at radius 3 is 2.79 bits per heavy atom. The van der Waals surface area contributed by atoms with Crippen LogP contribution < -0.4 is 10.6 Å². The second kappa shape index (κ2) is 6.43. The predicted molar refractivity (Wildman–Crippen MR) is 75.7 cm³/mol. The van der Waals surface area contributed by atoms with Gasteiger partial charge < -0.3 is 10.6 Å². The Balaban J connectivity index is 2.61. The summed E-state index contributed by atoms with van der Waals surface area (Å²) < 4.78 is 13.0. The Kier molecular flexibility index (Phi) is 5.19. The van der Waals surface area contributed by atoms with Crippen LogP contribution in [-0.2, 0) is 0 Å². The molecule has 0 atom stereocenters. The maximum absolute atomic E-state index is 13.1. The highest BCUT2D eigenvalue weighted by Gasteiger charge is 2.16. The molecule has 1 aromatic rings. The Morgan fingerprint density at radius 2 is 2.21 bits per heavy atom. The molecule has 0 radical (unpaired) electrons. The third-order valence-electron chi connectivity index (χ3n) is 2.57. The molecular weight excluding hydrogens is 265 g/mol. The van der Waals surface area contributed by atoms with E-state index in [0.717, 1.165) is 6.07 Å². The first-order valence-electron chi connectivity index (χ1n) is 5.67. The summed E-state index contributed by atoms with van der Waals surface area (Å²) >= 11 is 1.65. The van der Waals surface area contributed by atoms with Gasteiger partial charge in [-0.1, -0.05) is 0 Å². The first-order chi connectivity index (χ1) is 8.88. The van der Waals surface area contributed by atoms with Crippen LogP contribution in [0.5, 0.6) is 0 Å². The van der Waals surface area contributed by atoms with Crippen molar-refractivity contribution in [2.75, 3.05) is 18.1 Å². The lowest BCUT2D eigenvalue weighted by atomic mass is 10.2. The van der Waals surface area contributed by atoms with Gasteiger partial charge in [0.15, 0.2) is 0 Å². The minimum atomic E-state index is -0.600. The molecule has 2 N–H and O–H groups in total. The molecule has 0 aliphatic carbocycles. The smallest absolute Gasteiger partial charge is 0.319 e. The van der Waals surface area contributed by atoms with Gasteiger partial charge in [-0.3, -0.25) is 0 Å². The summed E-state index contributed by atoms with van der Waals surface area (Å²) in [4.78, 5) is 11.7. The molecule has 0 aliphatic rings. The molecule has 0 aromatic heterocycles. The van der Waals surface area contributed by atoms with Gasteiger partial charge >= 0.3 is 6.03 Å². The van der Waals surface area contributed by atoms with Crippen LogP contribution in [0.1, 0.15) is 19.4 Å². The molecule has 0 aliphatic heterocycles. The fraction of sp³-hybridized carbons (Fsp3) is 0.385. The number of urea groups is 1. The molecule has 1 rings (SSSR count). The summed E-state index contributed by atoms with van der Waals surface area (Å²) in [6, 6.07) is 5.21. The molecule has 1 aromatic carbocycles.